The molecule has 0 spiro atoms. The molecule has 0 unspecified atom stereocenters. The standard InChI is InChI=1S/C22H22Cl3N5O2S/c1-11(2)19(27-21(32)15-6-4-14(24)9-16(15)25)20-28-22(30-29-20)33-10-18(31)26-17-7-5-13(23)8-12(17)3/h4-9,11,19H,10H2,1-3H3,(H,26,31)(H,27,32)(H,28,29,30)/t19-/m0/s1. The maximum absolute atomic E-state index is 12.7. The summed E-state index contributed by atoms with van der Waals surface area (Å²) in [6.45, 7) is 5.77. The first-order chi connectivity index (χ1) is 15.6. The lowest BCUT2D eigenvalue weighted by Crippen LogP contribution is -2.32. The molecular weight excluding hydrogens is 505 g/mol. The van der Waals surface area contributed by atoms with E-state index in [4.69, 9.17) is 34.8 Å². The third-order valence-electron chi connectivity index (χ3n) is 4.70. The van der Waals surface area contributed by atoms with Crippen LogP contribution in [-0.4, -0.2) is 32.7 Å². The number of H-pyrrole nitrogens is 1. The van der Waals surface area contributed by atoms with Crippen LogP contribution in [0.4, 0.5) is 5.69 Å². The van der Waals surface area contributed by atoms with Crippen molar-refractivity contribution in [3.05, 3.63) is 68.4 Å². The Kier molecular flexibility index (Phi) is 8.64. The first-order valence-corrected chi connectivity index (χ1v) is 12.1. The Morgan fingerprint density at radius 2 is 1.79 bits per heavy atom. The zero-order chi connectivity index (χ0) is 24.1. The van der Waals surface area contributed by atoms with Gasteiger partial charge in [-0.2, -0.15) is 0 Å². The van der Waals surface area contributed by atoms with Gasteiger partial charge in [0.05, 0.1) is 22.4 Å². The molecule has 2 amide bonds. The third-order valence-corrected chi connectivity index (χ3v) is 6.33. The second-order valence-electron chi connectivity index (χ2n) is 7.62. The molecular formula is C22H22Cl3N5O2S. The number of amides is 2. The van der Waals surface area contributed by atoms with Gasteiger partial charge in [-0.25, -0.2) is 4.98 Å². The monoisotopic (exact) mass is 525 g/mol. The van der Waals surface area contributed by atoms with E-state index in [1.165, 1.54) is 17.8 Å². The number of aromatic amines is 1. The number of nitrogens with zero attached hydrogens (tertiary/aromatic N) is 2. The fourth-order valence-corrected chi connectivity index (χ4v) is 4.32. The quantitative estimate of drug-likeness (QED) is 0.316. The Morgan fingerprint density at radius 1 is 1.09 bits per heavy atom. The molecule has 0 saturated heterocycles. The highest BCUT2D eigenvalue weighted by Crippen LogP contribution is 2.25. The van der Waals surface area contributed by atoms with Gasteiger partial charge in [-0.3, -0.25) is 14.7 Å². The summed E-state index contributed by atoms with van der Waals surface area (Å²) >= 11 is 19.2. The van der Waals surface area contributed by atoms with Gasteiger partial charge >= 0.3 is 0 Å². The topological polar surface area (TPSA) is 99.8 Å². The SMILES string of the molecule is Cc1cc(Cl)ccc1NC(=O)CSc1n[nH]c([C@@H](NC(=O)c2ccc(Cl)cc2Cl)C(C)C)n1. The van der Waals surface area contributed by atoms with Crippen LogP contribution in [0, 0.1) is 12.8 Å². The number of thioether (sulfide) groups is 1. The van der Waals surface area contributed by atoms with Crippen LogP contribution in [0.15, 0.2) is 41.6 Å². The molecule has 1 aromatic heterocycles. The van der Waals surface area contributed by atoms with Crippen molar-refractivity contribution < 1.29 is 9.59 Å². The van der Waals surface area contributed by atoms with E-state index >= 15 is 0 Å². The summed E-state index contributed by atoms with van der Waals surface area (Å²) in [5, 5.41) is 14.5. The number of aromatic nitrogens is 3. The highest BCUT2D eigenvalue weighted by molar-refractivity contribution is 7.99. The highest BCUT2D eigenvalue weighted by atomic mass is 35.5. The molecule has 174 valence electrons. The van der Waals surface area contributed by atoms with Crippen molar-refractivity contribution >= 4 is 64.1 Å². The Bertz CT molecular complexity index is 1170. The molecule has 2 aromatic carbocycles. The lowest BCUT2D eigenvalue weighted by atomic mass is 10.0. The van der Waals surface area contributed by atoms with Crippen molar-refractivity contribution in [3.8, 4) is 0 Å². The van der Waals surface area contributed by atoms with E-state index in [0.717, 1.165) is 5.56 Å². The number of anilines is 1. The number of carbonyl (C=O) groups excluding carboxylic acids is 2. The molecule has 7 nitrogen and oxygen atoms in total. The third kappa shape index (κ3) is 6.86. The minimum atomic E-state index is -0.434. The van der Waals surface area contributed by atoms with E-state index in [0.29, 0.717) is 32.3 Å². The highest BCUT2D eigenvalue weighted by Gasteiger charge is 2.24. The van der Waals surface area contributed by atoms with Gasteiger partial charge in [0, 0.05) is 15.7 Å². The minimum Gasteiger partial charge on any atom is -0.342 e. The Morgan fingerprint density at radius 3 is 2.45 bits per heavy atom. The predicted octanol–water partition coefficient (Wildman–Crippen LogP) is 5.93. The zero-order valence-corrected chi connectivity index (χ0v) is 21.2. The van der Waals surface area contributed by atoms with E-state index in [-0.39, 0.29) is 28.5 Å². The van der Waals surface area contributed by atoms with Crippen molar-refractivity contribution in [1.82, 2.24) is 20.5 Å². The van der Waals surface area contributed by atoms with Crippen molar-refractivity contribution in [2.45, 2.75) is 32.0 Å². The van der Waals surface area contributed by atoms with Crippen molar-refractivity contribution in [1.29, 1.82) is 0 Å². The first kappa shape index (κ1) is 25.4. The molecule has 3 N–H and O–H groups in total. The number of rotatable bonds is 8. The fraction of sp³-hybridized carbons (Fsp3) is 0.273. The molecule has 11 heteroatoms. The van der Waals surface area contributed by atoms with Gasteiger partial charge in [0.1, 0.15) is 5.82 Å². The summed E-state index contributed by atoms with van der Waals surface area (Å²) in [4.78, 5) is 29.5. The molecule has 0 aliphatic rings. The number of halogens is 3. The second kappa shape index (κ2) is 11.2. The van der Waals surface area contributed by atoms with Crippen LogP contribution < -0.4 is 10.6 Å². The van der Waals surface area contributed by atoms with Gasteiger partial charge in [-0.05, 0) is 54.8 Å². The van der Waals surface area contributed by atoms with Gasteiger partial charge in [0.25, 0.3) is 5.91 Å². The van der Waals surface area contributed by atoms with Gasteiger partial charge < -0.3 is 10.6 Å². The summed E-state index contributed by atoms with van der Waals surface area (Å²) in [5.74, 6) is 0.0850. The largest absolute Gasteiger partial charge is 0.342 e. The molecule has 1 atom stereocenters. The zero-order valence-electron chi connectivity index (χ0n) is 18.1. The van der Waals surface area contributed by atoms with E-state index in [1.54, 1.807) is 30.3 Å². The minimum absolute atomic E-state index is 0.0157. The van der Waals surface area contributed by atoms with Crippen LogP contribution in [0.1, 0.15) is 41.6 Å². The number of aryl methyl sites for hydroxylation is 1. The molecule has 0 saturated carbocycles. The van der Waals surface area contributed by atoms with E-state index < -0.39 is 6.04 Å². The predicted molar refractivity (Wildman–Crippen MR) is 133 cm³/mol. The van der Waals surface area contributed by atoms with Crippen molar-refractivity contribution in [2.24, 2.45) is 5.92 Å². The van der Waals surface area contributed by atoms with Gasteiger partial charge in [-0.15, -0.1) is 5.10 Å². The van der Waals surface area contributed by atoms with Crippen LogP contribution >= 0.6 is 46.6 Å². The molecule has 0 bridgehead atoms. The smallest absolute Gasteiger partial charge is 0.253 e. The van der Waals surface area contributed by atoms with E-state index in [2.05, 4.69) is 25.8 Å². The molecule has 1 heterocycles. The lowest BCUT2D eigenvalue weighted by molar-refractivity contribution is -0.113. The van der Waals surface area contributed by atoms with Crippen molar-refractivity contribution in [3.63, 3.8) is 0 Å². The van der Waals surface area contributed by atoms with Crippen LogP contribution in [0.2, 0.25) is 15.1 Å². The number of carbonyl (C=O) groups is 2. The van der Waals surface area contributed by atoms with E-state index in [9.17, 15) is 9.59 Å². The molecule has 0 fully saturated rings. The summed E-state index contributed by atoms with van der Waals surface area (Å²) in [6, 6.07) is 9.51. The normalized spacial score (nSPS) is 12.0. The van der Waals surface area contributed by atoms with Crippen molar-refractivity contribution in [2.75, 3.05) is 11.1 Å². The molecule has 0 aliphatic heterocycles. The lowest BCUT2D eigenvalue weighted by Gasteiger charge is -2.20. The maximum atomic E-state index is 12.7. The molecule has 3 rings (SSSR count). The molecule has 3 aromatic rings. The number of benzene rings is 2. The first-order valence-electron chi connectivity index (χ1n) is 10.0. The summed E-state index contributed by atoms with van der Waals surface area (Å²) < 4.78 is 0. The van der Waals surface area contributed by atoms with Crippen LogP contribution in [-0.2, 0) is 4.79 Å². The number of nitrogens with one attached hydrogen (secondary N) is 3. The fourth-order valence-electron chi connectivity index (χ4n) is 2.99. The van der Waals surface area contributed by atoms with E-state index in [1.807, 2.05) is 20.8 Å². The summed E-state index contributed by atoms with van der Waals surface area (Å²) in [5.41, 5.74) is 1.89. The molecule has 0 radical (unpaired) electrons. The van der Waals surface area contributed by atoms with Gasteiger partial charge in [-0.1, -0.05) is 60.4 Å². The van der Waals surface area contributed by atoms with Gasteiger partial charge in [0.15, 0.2) is 0 Å². The van der Waals surface area contributed by atoms with Gasteiger partial charge in [0.2, 0.25) is 11.1 Å². The Labute approximate surface area is 211 Å². The van der Waals surface area contributed by atoms with Crippen LogP contribution in [0.25, 0.3) is 0 Å². The average Bonchev–Trinajstić information content (AvgIpc) is 3.21. The second-order valence-corrected chi connectivity index (χ2v) is 9.84. The Hall–Kier alpha value is -2.26. The molecule has 0 aliphatic carbocycles. The Balaban J connectivity index is 1.62. The molecule has 33 heavy (non-hydrogen) atoms. The maximum Gasteiger partial charge on any atom is 0.253 e. The van der Waals surface area contributed by atoms with Crippen LogP contribution in [0.5, 0.6) is 0 Å². The number of hydrogen-bond donors (Lipinski definition) is 3. The number of hydrogen-bond acceptors (Lipinski definition) is 5. The summed E-state index contributed by atoms with van der Waals surface area (Å²) in [7, 11) is 0. The van der Waals surface area contributed by atoms with Crippen LogP contribution in [0.3, 0.4) is 0 Å². The summed E-state index contributed by atoms with van der Waals surface area (Å²) in [6.07, 6.45) is 0. The average molecular weight is 527 g/mol.